The molecule has 1 amide bonds. The van der Waals surface area contributed by atoms with Gasteiger partial charge in [-0.3, -0.25) is 4.79 Å². The maximum absolute atomic E-state index is 12.8. The van der Waals surface area contributed by atoms with Crippen molar-refractivity contribution in [1.29, 1.82) is 0 Å². The van der Waals surface area contributed by atoms with Gasteiger partial charge in [-0.25, -0.2) is 0 Å². The molecule has 0 radical (unpaired) electrons. The lowest BCUT2D eigenvalue weighted by Gasteiger charge is -2.25. The fourth-order valence-corrected chi connectivity index (χ4v) is 3.78. The minimum absolute atomic E-state index is 0.0210. The maximum atomic E-state index is 12.8. The highest BCUT2D eigenvalue weighted by Crippen LogP contribution is 2.25. The van der Waals surface area contributed by atoms with E-state index < -0.39 is 21.6 Å². The molecule has 0 atom stereocenters. The number of hydrogen-bond donors (Lipinski definition) is 1. The highest BCUT2D eigenvalue weighted by atomic mass is 28.3. The third kappa shape index (κ3) is 8.54. The van der Waals surface area contributed by atoms with Crippen molar-refractivity contribution >= 4 is 22.1 Å². The molecule has 0 saturated heterocycles. The first-order chi connectivity index (χ1) is 14.6. The molecule has 0 aromatic heterocycles. The summed E-state index contributed by atoms with van der Waals surface area (Å²) in [6.45, 7) is 19.2. The van der Waals surface area contributed by atoms with Crippen molar-refractivity contribution in [2.75, 3.05) is 0 Å². The molecule has 4 heteroatoms. The average molecular weight is 460 g/mol. The largest absolute Gasteiger partial charge is 0.345 e. The zero-order valence-electron chi connectivity index (χ0n) is 21.1. The third-order valence-corrected chi connectivity index (χ3v) is 6.36. The van der Waals surface area contributed by atoms with Crippen LogP contribution in [0.4, 0.5) is 0 Å². The van der Waals surface area contributed by atoms with Crippen LogP contribution in [0.15, 0.2) is 48.5 Å². The molecular weight excluding hydrogens is 422 g/mol. The van der Waals surface area contributed by atoms with Gasteiger partial charge in [0.25, 0.3) is 0 Å². The number of rotatable bonds is 3. The first-order valence-electron chi connectivity index (χ1n) is 11.2. The standard InChI is InChI=1S/C28H37NOSi2/c1-28(2,3)27(30)29-26(24-14-10-22(11-15-24)18-20-31(4,5)6)25-16-12-23(13-17-25)19-21-32(7,8)9/h10-17,26H,1-9H3,(H,29,30). The normalized spacial score (nSPS) is 11.8. The Bertz CT molecular complexity index is 981. The lowest BCUT2D eigenvalue weighted by Crippen LogP contribution is -2.37. The summed E-state index contributed by atoms with van der Waals surface area (Å²) in [7, 11) is -2.84. The Labute approximate surface area is 197 Å². The van der Waals surface area contributed by atoms with E-state index in [1.165, 1.54) is 0 Å². The van der Waals surface area contributed by atoms with E-state index in [1.807, 2.05) is 45.0 Å². The Hall–Kier alpha value is -2.54. The first kappa shape index (κ1) is 25.7. The first-order valence-corrected chi connectivity index (χ1v) is 18.2. The summed E-state index contributed by atoms with van der Waals surface area (Å²) in [4.78, 5) is 12.8. The van der Waals surface area contributed by atoms with Gasteiger partial charge >= 0.3 is 0 Å². The Morgan fingerprint density at radius 3 is 1.34 bits per heavy atom. The molecule has 0 saturated carbocycles. The Morgan fingerprint density at radius 1 is 0.719 bits per heavy atom. The number of benzene rings is 2. The summed E-state index contributed by atoms with van der Waals surface area (Å²) in [5.74, 6) is 6.62. The Morgan fingerprint density at radius 2 is 1.06 bits per heavy atom. The summed E-state index contributed by atoms with van der Waals surface area (Å²) < 4.78 is 0. The summed E-state index contributed by atoms with van der Waals surface area (Å²) in [6.07, 6.45) is 0. The van der Waals surface area contributed by atoms with Gasteiger partial charge < -0.3 is 5.32 Å². The molecule has 2 aromatic carbocycles. The van der Waals surface area contributed by atoms with Gasteiger partial charge in [-0.1, -0.05) is 96.2 Å². The van der Waals surface area contributed by atoms with Crippen LogP contribution in [-0.2, 0) is 4.79 Å². The van der Waals surface area contributed by atoms with Gasteiger partial charge in [-0.15, -0.1) is 11.1 Å². The topological polar surface area (TPSA) is 29.1 Å². The predicted octanol–water partition coefficient (Wildman–Crippen LogP) is 6.40. The number of carbonyl (C=O) groups is 1. The van der Waals surface area contributed by atoms with Gasteiger partial charge in [0.2, 0.25) is 5.91 Å². The van der Waals surface area contributed by atoms with Crippen LogP contribution in [0.1, 0.15) is 49.1 Å². The van der Waals surface area contributed by atoms with Crippen LogP contribution in [0.3, 0.4) is 0 Å². The Kier molecular flexibility index (Phi) is 7.99. The van der Waals surface area contributed by atoms with Crippen molar-refractivity contribution in [3.8, 4) is 22.9 Å². The molecule has 0 aliphatic heterocycles. The zero-order chi connectivity index (χ0) is 24.2. The quantitative estimate of drug-likeness (QED) is 0.418. The molecule has 0 unspecified atom stereocenters. The number of nitrogens with one attached hydrogen (secondary N) is 1. The molecule has 0 spiro atoms. The smallest absolute Gasteiger partial charge is 0.226 e. The van der Waals surface area contributed by atoms with Gasteiger partial charge in [0.1, 0.15) is 16.1 Å². The third-order valence-electron chi connectivity index (χ3n) is 4.61. The van der Waals surface area contributed by atoms with E-state index >= 15 is 0 Å². The predicted molar refractivity (Wildman–Crippen MR) is 143 cm³/mol. The minimum Gasteiger partial charge on any atom is -0.345 e. The van der Waals surface area contributed by atoms with Gasteiger partial charge in [0, 0.05) is 16.5 Å². The number of hydrogen-bond acceptors (Lipinski definition) is 1. The van der Waals surface area contributed by atoms with Gasteiger partial charge in [0.15, 0.2) is 0 Å². The second-order valence-electron chi connectivity index (χ2n) is 11.4. The van der Waals surface area contributed by atoms with Gasteiger partial charge in [-0.2, -0.15) is 0 Å². The second kappa shape index (κ2) is 9.94. The van der Waals surface area contributed by atoms with E-state index in [0.717, 1.165) is 22.3 Å². The maximum Gasteiger partial charge on any atom is 0.226 e. The van der Waals surface area contributed by atoms with Crippen LogP contribution >= 0.6 is 0 Å². The molecule has 0 bridgehead atoms. The van der Waals surface area contributed by atoms with Crippen LogP contribution in [-0.4, -0.2) is 22.1 Å². The van der Waals surface area contributed by atoms with E-state index in [4.69, 9.17) is 0 Å². The van der Waals surface area contributed by atoms with Crippen LogP contribution in [0.5, 0.6) is 0 Å². The SMILES string of the molecule is CC(C)(C)C(=O)NC(c1ccc(C#C[Si](C)(C)C)cc1)c1ccc(C#C[Si](C)(C)C)cc1. The van der Waals surface area contributed by atoms with Crippen LogP contribution in [0, 0.1) is 28.3 Å². The second-order valence-corrected chi connectivity index (χ2v) is 20.9. The molecule has 2 aromatic rings. The monoisotopic (exact) mass is 459 g/mol. The van der Waals surface area contributed by atoms with Crippen molar-refractivity contribution in [2.45, 2.75) is 66.1 Å². The summed E-state index contributed by atoms with van der Waals surface area (Å²) in [6, 6.07) is 16.3. The summed E-state index contributed by atoms with van der Waals surface area (Å²) in [5, 5.41) is 3.24. The lowest BCUT2D eigenvalue weighted by molar-refractivity contribution is -0.129. The molecule has 0 heterocycles. The van der Waals surface area contributed by atoms with Crippen molar-refractivity contribution < 1.29 is 4.79 Å². The minimum atomic E-state index is -1.42. The van der Waals surface area contributed by atoms with Crippen molar-refractivity contribution in [2.24, 2.45) is 5.41 Å². The van der Waals surface area contributed by atoms with E-state index in [-0.39, 0.29) is 11.9 Å². The molecule has 168 valence electrons. The van der Waals surface area contributed by atoms with Crippen molar-refractivity contribution in [3.63, 3.8) is 0 Å². The van der Waals surface area contributed by atoms with Crippen LogP contribution < -0.4 is 5.32 Å². The molecule has 0 aliphatic rings. The van der Waals surface area contributed by atoms with E-state index in [2.05, 4.69) is 91.8 Å². The molecule has 2 rings (SSSR count). The van der Waals surface area contributed by atoms with E-state index in [9.17, 15) is 4.79 Å². The van der Waals surface area contributed by atoms with E-state index in [0.29, 0.717) is 0 Å². The molecular formula is C28H37NOSi2. The highest BCUT2D eigenvalue weighted by Gasteiger charge is 2.25. The Balaban J connectivity index is 2.39. The molecule has 2 nitrogen and oxygen atoms in total. The highest BCUT2D eigenvalue weighted by molar-refractivity contribution is 6.84. The van der Waals surface area contributed by atoms with Gasteiger partial charge in [-0.05, 0) is 35.4 Å². The van der Waals surface area contributed by atoms with Crippen LogP contribution in [0.2, 0.25) is 39.3 Å². The fourth-order valence-electron chi connectivity index (χ4n) is 2.74. The van der Waals surface area contributed by atoms with Crippen molar-refractivity contribution in [3.05, 3.63) is 70.8 Å². The number of amides is 1. The number of carbonyl (C=O) groups excluding carboxylic acids is 1. The molecule has 1 N–H and O–H groups in total. The van der Waals surface area contributed by atoms with Gasteiger partial charge in [0.05, 0.1) is 6.04 Å². The summed E-state index contributed by atoms with van der Waals surface area (Å²) >= 11 is 0. The fraction of sp³-hybridized carbons (Fsp3) is 0.393. The molecule has 0 aliphatic carbocycles. The average Bonchev–Trinajstić information content (AvgIpc) is 2.68. The lowest BCUT2D eigenvalue weighted by atomic mass is 9.92. The molecule has 32 heavy (non-hydrogen) atoms. The van der Waals surface area contributed by atoms with Crippen LogP contribution in [0.25, 0.3) is 0 Å². The van der Waals surface area contributed by atoms with E-state index in [1.54, 1.807) is 0 Å². The molecule has 0 fully saturated rings. The summed E-state index contributed by atoms with van der Waals surface area (Å²) in [5.41, 5.74) is 10.5. The zero-order valence-corrected chi connectivity index (χ0v) is 23.1. The van der Waals surface area contributed by atoms with Crippen molar-refractivity contribution in [1.82, 2.24) is 5.32 Å².